The van der Waals surface area contributed by atoms with Gasteiger partial charge in [-0.25, -0.2) is 4.98 Å². The van der Waals surface area contributed by atoms with Gasteiger partial charge in [-0.05, 0) is 24.6 Å². The molecule has 1 N–H and O–H groups in total. The zero-order chi connectivity index (χ0) is 13.0. The Hall–Kier alpha value is -1.48. The van der Waals surface area contributed by atoms with E-state index in [0.717, 1.165) is 18.7 Å². The molecule has 18 heavy (non-hydrogen) atoms. The predicted molar refractivity (Wildman–Crippen MR) is 65.6 cm³/mol. The minimum absolute atomic E-state index is 0.0423. The second kappa shape index (κ2) is 5.91. The van der Waals surface area contributed by atoms with E-state index in [1.165, 1.54) is 0 Å². The molecule has 2 unspecified atom stereocenters. The molecular weight excluding hydrogens is 230 g/mol. The summed E-state index contributed by atoms with van der Waals surface area (Å²) in [5.41, 5.74) is 1.50. The molecule has 2 heterocycles. The third-order valence-electron chi connectivity index (χ3n) is 2.95. The fourth-order valence-corrected chi connectivity index (χ4v) is 2.26. The van der Waals surface area contributed by atoms with E-state index in [1.807, 2.05) is 19.1 Å². The Balaban J connectivity index is 2.02. The quantitative estimate of drug-likeness (QED) is 0.844. The van der Waals surface area contributed by atoms with Crippen molar-refractivity contribution in [1.82, 2.24) is 9.88 Å². The van der Waals surface area contributed by atoms with Crippen molar-refractivity contribution in [2.24, 2.45) is 0 Å². The van der Waals surface area contributed by atoms with Gasteiger partial charge in [-0.3, -0.25) is 4.90 Å². The predicted octanol–water partition coefficient (Wildman–Crippen LogP) is 0.535. The second-order valence-electron chi connectivity index (χ2n) is 4.61. The van der Waals surface area contributed by atoms with Crippen molar-refractivity contribution >= 4 is 0 Å². The Labute approximate surface area is 107 Å². The summed E-state index contributed by atoms with van der Waals surface area (Å²) < 4.78 is 5.59. The Kier molecular flexibility index (Phi) is 4.26. The van der Waals surface area contributed by atoms with E-state index >= 15 is 0 Å². The molecule has 96 valence electrons. The Morgan fingerprint density at radius 2 is 2.44 bits per heavy atom. The van der Waals surface area contributed by atoms with Crippen LogP contribution in [-0.2, 0) is 11.3 Å². The van der Waals surface area contributed by atoms with E-state index in [1.54, 1.807) is 12.3 Å². The van der Waals surface area contributed by atoms with Crippen LogP contribution in [0.15, 0.2) is 18.3 Å². The van der Waals surface area contributed by atoms with Crippen molar-refractivity contribution in [2.45, 2.75) is 25.7 Å². The molecule has 0 saturated carbocycles. The maximum Gasteiger partial charge on any atom is 0.140 e. The molecule has 0 radical (unpaired) electrons. The largest absolute Gasteiger partial charge is 0.394 e. The highest BCUT2D eigenvalue weighted by Gasteiger charge is 2.24. The molecule has 1 saturated heterocycles. The fourth-order valence-electron chi connectivity index (χ4n) is 2.26. The van der Waals surface area contributed by atoms with E-state index < -0.39 is 0 Å². The Bertz CT molecular complexity index is 444. The van der Waals surface area contributed by atoms with Gasteiger partial charge in [-0.1, -0.05) is 0 Å². The molecule has 2 atom stereocenters. The van der Waals surface area contributed by atoms with Gasteiger partial charge >= 0.3 is 0 Å². The number of morpholine rings is 1. The maximum absolute atomic E-state index is 9.17. The molecule has 0 bridgehead atoms. The smallest absolute Gasteiger partial charge is 0.140 e. The van der Waals surface area contributed by atoms with Crippen LogP contribution in [0.3, 0.4) is 0 Å². The first-order valence-corrected chi connectivity index (χ1v) is 6.05. The number of aliphatic hydroxyl groups is 1. The SMILES string of the molecule is CC1CN(Cc2ccnc(C#N)c2)CC(CO)O1. The van der Waals surface area contributed by atoms with Crippen LogP contribution in [0, 0.1) is 11.3 Å². The van der Waals surface area contributed by atoms with E-state index in [9.17, 15) is 5.11 Å². The lowest BCUT2D eigenvalue weighted by atomic mass is 10.1. The highest BCUT2D eigenvalue weighted by Crippen LogP contribution is 2.14. The first kappa shape index (κ1) is 13.0. The number of aromatic nitrogens is 1. The summed E-state index contributed by atoms with van der Waals surface area (Å²) in [7, 11) is 0. The second-order valence-corrected chi connectivity index (χ2v) is 4.61. The normalized spacial score (nSPS) is 24.7. The lowest BCUT2D eigenvalue weighted by Gasteiger charge is -2.36. The van der Waals surface area contributed by atoms with Crippen LogP contribution in [-0.4, -0.2) is 46.9 Å². The fraction of sp³-hybridized carbons (Fsp3) is 0.538. The molecule has 1 aliphatic rings. The molecule has 5 nitrogen and oxygen atoms in total. The Morgan fingerprint density at radius 3 is 3.17 bits per heavy atom. The molecule has 1 aromatic rings. The van der Waals surface area contributed by atoms with Crippen LogP contribution in [0.4, 0.5) is 0 Å². The minimum Gasteiger partial charge on any atom is -0.394 e. The first-order chi connectivity index (χ1) is 8.71. The van der Waals surface area contributed by atoms with Crippen molar-refractivity contribution in [1.29, 1.82) is 5.26 Å². The third kappa shape index (κ3) is 3.26. The van der Waals surface area contributed by atoms with Crippen molar-refractivity contribution in [3.63, 3.8) is 0 Å². The van der Waals surface area contributed by atoms with Crippen LogP contribution >= 0.6 is 0 Å². The summed E-state index contributed by atoms with van der Waals surface area (Å²) in [6.45, 7) is 4.34. The third-order valence-corrected chi connectivity index (χ3v) is 2.95. The number of aliphatic hydroxyl groups excluding tert-OH is 1. The molecule has 1 aromatic heterocycles. The van der Waals surface area contributed by atoms with E-state index in [4.69, 9.17) is 10.00 Å². The van der Waals surface area contributed by atoms with Gasteiger partial charge in [0.1, 0.15) is 11.8 Å². The maximum atomic E-state index is 9.17. The lowest BCUT2D eigenvalue weighted by Crippen LogP contribution is -2.47. The highest BCUT2D eigenvalue weighted by molar-refractivity contribution is 5.25. The summed E-state index contributed by atoms with van der Waals surface area (Å²) in [6, 6.07) is 5.75. The van der Waals surface area contributed by atoms with Crippen molar-refractivity contribution < 1.29 is 9.84 Å². The number of hydrogen-bond acceptors (Lipinski definition) is 5. The van der Waals surface area contributed by atoms with E-state index in [-0.39, 0.29) is 18.8 Å². The topological polar surface area (TPSA) is 69.4 Å². The Morgan fingerprint density at radius 1 is 1.61 bits per heavy atom. The zero-order valence-corrected chi connectivity index (χ0v) is 10.4. The number of pyridine rings is 1. The summed E-state index contributed by atoms with van der Waals surface area (Å²) in [5.74, 6) is 0. The molecule has 2 rings (SSSR count). The molecule has 1 fully saturated rings. The van der Waals surface area contributed by atoms with Gasteiger partial charge in [-0.15, -0.1) is 0 Å². The number of nitrogens with zero attached hydrogens (tertiary/aromatic N) is 3. The van der Waals surface area contributed by atoms with Crippen LogP contribution < -0.4 is 0 Å². The lowest BCUT2D eigenvalue weighted by molar-refractivity contribution is -0.0972. The van der Waals surface area contributed by atoms with Gasteiger partial charge in [0.15, 0.2) is 0 Å². The number of ether oxygens (including phenoxy) is 1. The summed E-state index contributed by atoms with van der Waals surface area (Å²) in [6.07, 6.45) is 1.65. The van der Waals surface area contributed by atoms with E-state index in [0.29, 0.717) is 12.2 Å². The van der Waals surface area contributed by atoms with Crippen molar-refractivity contribution in [2.75, 3.05) is 19.7 Å². The summed E-state index contributed by atoms with van der Waals surface area (Å²) >= 11 is 0. The number of nitriles is 1. The first-order valence-electron chi connectivity index (χ1n) is 6.05. The molecular formula is C13H17N3O2. The van der Waals surface area contributed by atoms with Crippen LogP contribution in [0.5, 0.6) is 0 Å². The van der Waals surface area contributed by atoms with Crippen molar-refractivity contribution in [3.8, 4) is 6.07 Å². The van der Waals surface area contributed by atoms with Gasteiger partial charge in [0, 0.05) is 25.8 Å². The highest BCUT2D eigenvalue weighted by atomic mass is 16.5. The standard InChI is InChI=1S/C13H17N3O2/c1-10-6-16(8-13(9-17)18-10)7-11-2-3-15-12(4-11)5-14/h2-4,10,13,17H,6-9H2,1H3. The molecule has 0 spiro atoms. The monoisotopic (exact) mass is 247 g/mol. The minimum atomic E-state index is -0.119. The molecule has 0 aliphatic carbocycles. The van der Waals surface area contributed by atoms with Crippen LogP contribution in [0.2, 0.25) is 0 Å². The van der Waals surface area contributed by atoms with Gasteiger partial charge < -0.3 is 9.84 Å². The molecule has 1 aliphatic heterocycles. The molecule has 0 aromatic carbocycles. The van der Waals surface area contributed by atoms with E-state index in [2.05, 4.69) is 9.88 Å². The number of rotatable bonds is 3. The molecule has 0 amide bonds. The number of hydrogen-bond donors (Lipinski definition) is 1. The van der Waals surface area contributed by atoms with Gasteiger partial charge in [-0.2, -0.15) is 5.26 Å². The average molecular weight is 247 g/mol. The van der Waals surface area contributed by atoms with Gasteiger partial charge in [0.2, 0.25) is 0 Å². The van der Waals surface area contributed by atoms with Gasteiger partial charge in [0.25, 0.3) is 0 Å². The summed E-state index contributed by atoms with van der Waals surface area (Å²) in [4.78, 5) is 6.18. The van der Waals surface area contributed by atoms with Gasteiger partial charge in [0.05, 0.1) is 18.8 Å². The van der Waals surface area contributed by atoms with Crippen LogP contribution in [0.1, 0.15) is 18.2 Å². The average Bonchev–Trinajstić information content (AvgIpc) is 2.38. The summed E-state index contributed by atoms with van der Waals surface area (Å²) in [5, 5.41) is 18.0. The molecule has 5 heteroatoms. The van der Waals surface area contributed by atoms with Crippen LogP contribution in [0.25, 0.3) is 0 Å². The van der Waals surface area contributed by atoms with Crippen molar-refractivity contribution in [3.05, 3.63) is 29.6 Å². The zero-order valence-electron chi connectivity index (χ0n) is 10.4.